The summed E-state index contributed by atoms with van der Waals surface area (Å²) in [6.07, 6.45) is 2.86. The quantitative estimate of drug-likeness (QED) is 0.757. The maximum Gasteiger partial charge on any atom is 0.253 e. The topological polar surface area (TPSA) is 48.1 Å². The van der Waals surface area contributed by atoms with Gasteiger partial charge in [0, 0.05) is 49.0 Å². The fourth-order valence-corrected chi connectivity index (χ4v) is 2.76. The van der Waals surface area contributed by atoms with Gasteiger partial charge in [0.15, 0.2) is 0 Å². The molecule has 3 aromatic rings. The lowest BCUT2D eigenvalue weighted by atomic mass is 10.1. The summed E-state index contributed by atoms with van der Waals surface area (Å²) in [6, 6.07) is 15.8. The monoisotopic (exact) mass is 307 g/mol. The minimum atomic E-state index is 0.0435. The second kappa shape index (κ2) is 6.57. The smallest absolute Gasteiger partial charge is 0.253 e. The molecule has 118 valence electrons. The second-order valence-electron chi connectivity index (χ2n) is 5.67. The summed E-state index contributed by atoms with van der Waals surface area (Å²) in [6.45, 7) is 0.685. The maximum atomic E-state index is 12.5. The first-order valence-electron chi connectivity index (χ1n) is 7.77. The van der Waals surface area contributed by atoms with Crippen molar-refractivity contribution in [1.29, 1.82) is 0 Å². The first-order valence-corrected chi connectivity index (χ1v) is 7.77. The van der Waals surface area contributed by atoms with Crippen LogP contribution in [0.1, 0.15) is 15.9 Å². The van der Waals surface area contributed by atoms with Crippen LogP contribution in [0.3, 0.4) is 0 Å². The van der Waals surface area contributed by atoms with E-state index >= 15 is 0 Å². The van der Waals surface area contributed by atoms with Crippen molar-refractivity contribution < 1.29 is 4.79 Å². The van der Waals surface area contributed by atoms with Gasteiger partial charge in [-0.2, -0.15) is 0 Å². The van der Waals surface area contributed by atoms with Crippen molar-refractivity contribution in [2.75, 3.05) is 26.0 Å². The van der Waals surface area contributed by atoms with Gasteiger partial charge in [-0.1, -0.05) is 24.3 Å². The van der Waals surface area contributed by atoms with Crippen LogP contribution in [-0.2, 0) is 6.42 Å². The highest BCUT2D eigenvalue weighted by atomic mass is 16.2. The van der Waals surface area contributed by atoms with Crippen LogP contribution in [0.2, 0.25) is 0 Å². The van der Waals surface area contributed by atoms with Crippen LogP contribution < -0.4 is 5.32 Å². The lowest BCUT2D eigenvalue weighted by Crippen LogP contribution is -2.28. The van der Waals surface area contributed by atoms with Crippen LogP contribution >= 0.6 is 0 Å². The molecule has 2 N–H and O–H groups in total. The summed E-state index contributed by atoms with van der Waals surface area (Å²) in [5.74, 6) is 0.0435. The molecule has 23 heavy (non-hydrogen) atoms. The minimum Gasteiger partial charge on any atom is -0.388 e. The summed E-state index contributed by atoms with van der Waals surface area (Å²) in [5.41, 5.74) is 4.03. The van der Waals surface area contributed by atoms with Crippen LogP contribution in [0, 0.1) is 0 Å². The number of H-pyrrole nitrogens is 1. The number of benzene rings is 2. The summed E-state index contributed by atoms with van der Waals surface area (Å²) in [7, 11) is 3.70. The molecule has 0 unspecified atom stereocenters. The molecule has 2 aromatic carbocycles. The number of carbonyl (C=O) groups excluding carboxylic acids is 1. The van der Waals surface area contributed by atoms with Crippen LogP contribution in [0.5, 0.6) is 0 Å². The lowest BCUT2D eigenvalue weighted by Gasteiger charge is -2.17. The molecule has 4 heteroatoms. The predicted molar refractivity (Wildman–Crippen MR) is 95.0 cm³/mol. The molecule has 0 aliphatic rings. The number of hydrogen-bond acceptors (Lipinski definition) is 2. The number of aromatic amines is 1. The molecule has 1 amide bonds. The van der Waals surface area contributed by atoms with Crippen molar-refractivity contribution in [2.45, 2.75) is 6.42 Å². The molecule has 0 saturated carbocycles. The average Bonchev–Trinajstić information content (AvgIpc) is 3.02. The molecule has 0 atom stereocenters. The van der Waals surface area contributed by atoms with E-state index < -0.39 is 0 Å². The first-order chi connectivity index (χ1) is 11.2. The Balaban J connectivity index is 1.69. The fraction of sp³-hybridized carbons (Fsp3) is 0.211. The number of nitrogens with zero attached hydrogens (tertiary/aromatic N) is 1. The molecule has 0 bridgehead atoms. The van der Waals surface area contributed by atoms with Gasteiger partial charge in [-0.3, -0.25) is 4.79 Å². The molecule has 3 rings (SSSR count). The second-order valence-corrected chi connectivity index (χ2v) is 5.67. The van der Waals surface area contributed by atoms with Crippen LogP contribution in [0.4, 0.5) is 5.69 Å². The Labute approximate surface area is 136 Å². The summed E-state index contributed by atoms with van der Waals surface area (Å²) >= 11 is 0. The van der Waals surface area contributed by atoms with E-state index in [4.69, 9.17) is 0 Å². The van der Waals surface area contributed by atoms with Crippen molar-refractivity contribution in [2.24, 2.45) is 0 Å². The van der Waals surface area contributed by atoms with Crippen LogP contribution in [-0.4, -0.2) is 36.4 Å². The molecule has 0 aliphatic carbocycles. The van der Waals surface area contributed by atoms with Crippen molar-refractivity contribution in [3.8, 4) is 0 Å². The third kappa shape index (κ3) is 3.21. The Morgan fingerprint density at radius 2 is 2.00 bits per heavy atom. The third-order valence-electron chi connectivity index (χ3n) is 4.14. The predicted octanol–water partition coefficient (Wildman–Crippen LogP) is 3.52. The molecule has 0 spiro atoms. The SMILES string of the molecule is CNc1cccc(C(=O)N(C)CCc2c[nH]c3ccccc23)c1. The van der Waals surface area contributed by atoms with Gasteiger partial charge in [0.05, 0.1) is 0 Å². The van der Waals surface area contributed by atoms with Gasteiger partial charge in [0.25, 0.3) is 5.91 Å². The highest BCUT2D eigenvalue weighted by Gasteiger charge is 2.13. The van der Waals surface area contributed by atoms with E-state index in [0.29, 0.717) is 12.1 Å². The first kappa shape index (κ1) is 15.2. The van der Waals surface area contributed by atoms with E-state index in [1.807, 2.05) is 56.7 Å². The van der Waals surface area contributed by atoms with Gasteiger partial charge in [-0.05, 0) is 36.2 Å². The van der Waals surface area contributed by atoms with Gasteiger partial charge in [0.1, 0.15) is 0 Å². The zero-order valence-electron chi connectivity index (χ0n) is 13.5. The van der Waals surface area contributed by atoms with Crippen molar-refractivity contribution in [3.05, 3.63) is 65.9 Å². The number of para-hydroxylation sites is 1. The molecule has 0 radical (unpaired) electrons. The van der Waals surface area contributed by atoms with E-state index in [-0.39, 0.29) is 5.91 Å². The van der Waals surface area contributed by atoms with Crippen molar-refractivity contribution >= 4 is 22.5 Å². The zero-order valence-corrected chi connectivity index (χ0v) is 13.5. The van der Waals surface area contributed by atoms with Gasteiger partial charge >= 0.3 is 0 Å². The van der Waals surface area contributed by atoms with Crippen molar-refractivity contribution in [1.82, 2.24) is 9.88 Å². The Bertz CT molecular complexity index is 822. The number of hydrogen-bond donors (Lipinski definition) is 2. The summed E-state index contributed by atoms with van der Waals surface area (Å²) < 4.78 is 0. The minimum absolute atomic E-state index is 0.0435. The molecular weight excluding hydrogens is 286 g/mol. The number of rotatable bonds is 5. The summed E-state index contributed by atoms with van der Waals surface area (Å²) in [4.78, 5) is 17.6. The van der Waals surface area contributed by atoms with E-state index in [1.54, 1.807) is 4.90 Å². The number of anilines is 1. The number of likely N-dealkylation sites (N-methyl/N-ethyl adjacent to an activating group) is 1. The average molecular weight is 307 g/mol. The van der Waals surface area contributed by atoms with Crippen LogP contribution in [0.25, 0.3) is 10.9 Å². The van der Waals surface area contributed by atoms with Gasteiger partial charge in [-0.25, -0.2) is 0 Å². The number of carbonyl (C=O) groups is 1. The van der Waals surface area contributed by atoms with E-state index in [2.05, 4.69) is 22.4 Å². The molecule has 0 fully saturated rings. The lowest BCUT2D eigenvalue weighted by molar-refractivity contribution is 0.0797. The van der Waals surface area contributed by atoms with Crippen LogP contribution in [0.15, 0.2) is 54.7 Å². The van der Waals surface area contributed by atoms with Gasteiger partial charge in [-0.15, -0.1) is 0 Å². The Morgan fingerprint density at radius 3 is 2.83 bits per heavy atom. The summed E-state index contributed by atoms with van der Waals surface area (Å²) in [5, 5.41) is 4.29. The third-order valence-corrected chi connectivity index (χ3v) is 4.14. The maximum absolute atomic E-state index is 12.5. The van der Waals surface area contributed by atoms with Crippen molar-refractivity contribution in [3.63, 3.8) is 0 Å². The standard InChI is InChI=1S/C19H21N3O/c1-20-16-7-5-6-14(12-16)19(23)22(2)11-10-15-13-21-18-9-4-3-8-17(15)18/h3-9,12-13,20-21H,10-11H2,1-2H3. The molecular formula is C19H21N3O. The van der Waals surface area contributed by atoms with E-state index in [9.17, 15) is 4.79 Å². The highest BCUT2D eigenvalue weighted by Crippen LogP contribution is 2.18. The zero-order chi connectivity index (χ0) is 16.2. The number of nitrogens with one attached hydrogen (secondary N) is 2. The number of aromatic nitrogens is 1. The molecule has 1 aromatic heterocycles. The van der Waals surface area contributed by atoms with Gasteiger partial charge in [0.2, 0.25) is 0 Å². The molecule has 1 heterocycles. The Morgan fingerprint density at radius 1 is 1.17 bits per heavy atom. The van der Waals surface area contributed by atoms with E-state index in [0.717, 1.165) is 17.6 Å². The molecule has 0 saturated heterocycles. The molecule has 4 nitrogen and oxygen atoms in total. The van der Waals surface area contributed by atoms with E-state index in [1.165, 1.54) is 10.9 Å². The largest absolute Gasteiger partial charge is 0.388 e. The normalized spacial score (nSPS) is 10.7. The molecule has 0 aliphatic heterocycles. The Kier molecular flexibility index (Phi) is 4.33. The number of amides is 1. The number of fused-ring (bicyclic) bond motifs is 1. The fourth-order valence-electron chi connectivity index (χ4n) is 2.76. The highest BCUT2D eigenvalue weighted by molar-refractivity contribution is 5.95. The van der Waals surface area contributed by atoms with Gasteiger partial charge < -0.3 is 15.2 Å². The Hall–Kier alpha value is -2.75.